The maximum absolute atomic E-state index is 14.2. The van der Waals surface area contributed by atoms with Crippen molar-refractivity contribution in [1.82, 2.24) is 19.9 Å². The van der Waals surface area contributed by atoms with Crippen LogP contribution in [0.15, 0.2) is 103 Å². The summed E-state index contributed by atoms with van der Waals surface area (Å²) < 4.78 is 12.4. The van der Waals surface area contributed by atoms with Crippen LogP contribution in [0.2, 0.25) is 0 Å². The lowest BCUT2D eigenvalue weighted by Gasteiger charge is -2.32. The number of carbonyl (C=O) groups is 2. The van der Waals surface area contributed by atoms with Gasteiger partial charge in [0.15, 0.2) is 0 Å². The molecule has 0 bridgehead atoms. The lowest BCUT2D eigenvalue weighted by Crippen LogP contribution is -2.42. The maximum Gasteiger partial charge on any atom is 0.251 e. The molecular formula is C34H34N6O4. The van der Waals surface area contributed by atoms with Gasteiger partial charge in [0, 0.05) is 31.0 Å². The van der Waals surface area contributed by atoms with Gasteiger partial charge in [0.05, 0.1) is 25.8 Å². The normalized spacial score (nSPS) is 13.8. The van der Waals surface area contributed by atoms with Gasteiger partial charge in [0.1, 0.15) is 23.9 Å². The molecule has 2 amide bonds. The van der Waals surface area contributed by atoms with E-state index in [1.807, 2.05) is 91.0 Å². The maximum atomic E-state index is 14.2. The van der Waals surface area contributed by atoms with Gasteiger partial charge in [-0.2, -0.15) is 0 Å². The number of ether oxygens (including phenoxy) is 2. The Labute approximate surface area is 255 Å². The highest BCUT2D eigenvalue weighted by atomic mass is 16.5. The number of aromatic nitrogens is 3. The van der Waals surface area contributed by atoms with Gasteiger partial charge in [-0.1, -0.05) is 59.8 Å². The topological polar surface area (TPSA) is 102 Å². The molecule has 5 aromatic rings. The number of amides is 2. The number of fused-ring (bicyclic) bond motifs is 1. The van der Waals surface area contributed by atoms with Crippen LogP contribution < -0.4 is 15.0 Å². The highest BCUT2D eigenvalue weighted by Gasteiger charge is 2.32. The molecule has 1 aromatic heterocycles. The Balaban J connectivity index is 1.33. The standard InChI is InChI=1S/C34H34N6O4/c1-43-29-17-11-26(12-18-29)33(34(42)35-27-13-15-28(16-14-27)38-19-21-44-22-20-38)39(23-25-7-3-2-4-8-25)32(41)24-40-31-10-6-5-9-30(31)36-37-40/h2-18,33H,19-24H2,1H3,(H,35,42)/t33-/m1/s1. The number of benzene rings is 4. The molecule has 1 atom stereocenters. The van der Waals surface area contributed by atoms with Gasteiger partial charge in [0.2, 0.25) is 5.91 Å². The molecule has 44 heavy (non-hydrogen) atoms. The molecule has 10 nitrogen and oxygen atoms in total. The molecule has 1 saturated heterocycles. The molecule has 224 valence electrons. The second-order valence-electron chi connectivity index (χ2n) is 10.6. The average molecular weight is 591 g/mol. The van der Waals surface area contributed by atoms with Gasteiger partial charge in [-0.15, -0.1) is 5.10 Å². The monoisotopic (exact) mass is 590 g/mol. The smallest absolute Gasteiger partial charge is 0.251 e. The molecule has 1 aliphatic heterocycles. The quantitative estimate of drug-likeness (QED) is 0.252. The lowest BCUT2D eigenvalue weighted by molar-refractivity contribution is -0.140. The summed E-state index contributed by atoms with van der Waals surface area (Å²) in [6.07, 6.45) is 0. The van der Waals surface area contributed by atoms with Crippen LogP contribution in [0.4, 0.5) is 11.4 Å². The summed E-state index contributed by atoms with van der Waals surface area (Å²) in [6, 6.07) is 31.2. The van der Waals surface area contributed by atoms with Crippen molar-refractivity contribution >= 4 is 34.2 Å². The van der Waals surface area contributed by atoms with Crippen molar-refractivity contribution in [2.24, 2.45) is 0 Å². The zero-order valence-corrected chi connectivity index (χ0v) is 24.5. The summed E-state index contributed by atoms with van der Waals surface area (Å²) in [5.41, 5.74) is 4.69. The largest absolute Gasteiger partial charge is 0.497 e. The number of nitrogens with one attached hydrogen (secondary N) is 1. The van der Waals surface area contributed by atoms with Gasteiger partial charge >= 0.3 is 0 Å². The fourth-order valence-electron chi connectivity index (χ4n) is 5.40. The van der Waals surface area contributed by atoms with Gasteiger partial charge < -0.3 is 24.6 Å². The summed E-state index contributed by atoms with van der Waals surface area (Å²) in [4.78, 5) is 32.3. The predicted molar refractivity (Wildman–Crippen MR) is 168 cm³/mol. The Hall–Kier alpha value is -5.22. The van der Waals surface area contributed by atoms with Gasteiger partial charge in [-0.25, -0.2) is 4.68 Å². The van der Waals surface area contributed by atoms with E-state index in [1.54, 1.807) is 28.8 Å². The van der Waals surface area contributed by atoms with Crippen LogP contribution in [0.5, 0.6) is 5.75 Å². The summed E-state index contributed by atoms with van der Waals surface area (Å²) in [6.45, 7) is 3.16. The van der Waals surface area contributed by atoms with E-state index in [1.165, 1.54) is 0 Å². The van der Waals surface area contributed by atoms with Crippen molar-refractivity contribution in [3.8, 4) is 5.75 Å². The molecular weight excluding hydrogens is 556 g/mol. The summed E-state index contributed by atoms with van der Waals surface area (Å²) in [5, 5.41) is 11.5. The number of hydrogen-bond donors (Lipinski definition) is 1. The third-order valence-corrected chi connectivity index (χ3v) is 7.72. The van der Waals surface area contributed by atoms with E-state index in [4.69, 9.17) is 9.47 Å². The molecule has 0 unspecified atom stereocenters. The first-order valence-electron chi connectivity index (χ1n) is 14.6. The number of carbonyl (C=O) groups excluding carboxylic acids is 2. The minimum atomic E-state index is -0.942. The molecule has 6 rings (SSSR count). The van der Waals surface area contributed by atoms with Crippen molar-refractivity contribution in [3.63, 3.8) is 0 Å². The van der Waals surface area contributed by atoms with E-state index in [-0.39, 0.29) is 24.9 Å². The molecule has 1 N–H and O–H groups in total. The molecule has 0 aliphatic carbocycles. The van der Waals surface area contributed by atoms with E-state index in [2.05, 4.69) is 20.5 Å². The van der Waals surface area contributed by atoms with Crippen molar-refractivity contribution in [2.45, 2.75) is 19.1 Å². The van der Waals surface area contributed by atoms with Crippen LogP contribution in [0.3, 0.4) is 0 Å². The molecule has 10 heteroatoms. The Morgan fingerprint density at radius 3 is 2.34 bits per heavy atom. The van der Waals surface area contributed by atoms with Crippen molar-refractivity contribution in [1.29, 1.82) is 0 Å². The van der Waals surface area contributed by atoms with Crippen LogP contribution in [-0.2, 0) is 27.4 Å². The Morgan fingerprint density at radius 2 is 1.61 bits per heavy atom. The Bertz CT molecular complexity index is 1700. The summed E-state index contributed by atoms with van der Waals surface area (Å²) >= 11 is 0. The third kappa shape index (κ3) is 6.55. The van der Waals surface area contributed by atoms with Gasteiger partial charge in [0.25, 0.3) is 5.91 Å². The first-order valence-corrected chi connectivity index (χ1v) is 14.6. The van der Waals surface area contributed by atoms with Crippen molar-refractivity contribution in [3.05, 3.63) is 114 Å². The lowest BCUT2D eigenvalue weighted by atomic mass is 10.0. The Kier molecular flexibility index (Phi) is 8.79. The van der Waals surface area contributed by atoms with Crippen molar-refractivity contribution < 1.29 is 19.1 Å². The van der Waals surface area contributed by atoms with E-state index in [0.717, 1.165) is 29.9 Å². The van der Waals surface area contributed by atoms with Gasteiger partial charge in [-0.3, -0.25) is 9.59 Å². The highest BCUT2D eigenvalue weighted by molar-refractivity contribution is 5.98. The molecule has 4 aromatic carbocycles. The first kappa shape index (κ1) is 28.9. The minimum absolute atomic E-state index is 0.0818. The molecule has 1 fully saturated rings. The molecule has 2 heterocycles. The second kappa shape index (κ2) is 13.4. The molecule has 0 spiro atoms. The number of hydrogen-bond acceptors (Lipinski definition) is 7. The van der Waals surface area contributed by atoms with Gasteiger partial charge in [-0.05, 0) is 59.7 Å². The van der Waals surface area contributed by atoms with Crippen LogP contribution >= 0.6 is 0 Å². The van der Waals surface area contributed by atoms with E-state index in [0.29, 0.717) is 35.7 Å². The SMILES string of the molecule is COc1ccc([C@H](C(=O)Nc2ccc(N3CCOCC3)cc2)N(Cc2ccccc2)C(=O)Cn2nnc3ccccc32)cc1. The van der Waals surface area contributed by atoms with Crippen LogP contribution in [0.25, 0.3) is 11.0 Å². The van der Waals surface area contributed by atoms with E-state index in [9.17, 15) is 9.59 Å². The average Bonchev–Trinajstić information content (AvgIpc) is 3.48. The number of nitrogens with zero attached hydrogens (tertiary/aromatic N) is 5. The molecule has 0 radical (unpaired) electrons. The number of morpholine rings is 1. The zero-order chi connectivity index (χ0) is 30.3. The molecule has 1 aliphatic rings. The van der Waals surface area contributed by atoms with E-state index >= 15 is 0 Å². The minimum Gasteiger partial charge on any atom is -0.497 e. The van der Waals surface area contributed by atoms with Crippen LogP contribution in [0.1, 0.15) is 17.2 Å². The Morgan fingerprint density at radius 1 is 0.909 bits per heavy atom. The number of methoxy groups -OCH3 is 1. The number of para-hydroxylation sites is 1. The highest BCUT2D eigenvalue weighted by Crippen LogP contribution is 2.28. The zero-order valence-electron chi connectivity index (χ0n) is 24.5. The fraction of sp³-hybridized carbons (Fsp3) is 0.235. The van der Waals surface area contributed by atoms with E-state index < -0.39 is 6.04 Å². The second-order valence-corrected chi connectivity index (χ2v) is 10.6. The fourth-order valence-corrected chi connectivity index (χ4v) is 5.40. The third-order valence-electron chi connectivity index (χ3n) is 7.72. The first-order chi connectivity index (χ1) is 21.6. The van der Waals surface area contributed by atoms with Crippen LogP contribution in [0, 0.1) is 0 Å². The predicted octanol–water partition coefficient (Wildman–Crippen LogP) is 4.69. The summed E-state index contributed by atoms with van der Waals surface area (Å²) in [5.74, 6) is 0.0480. The van der Waals surface area contributed by atoms with Crippen LogP contribution in [-0.4, -0.2) is 65.1 Å². The number of anilines is 2. The number of rotatable bonds is 10. The molecule has 0 saturated carbocycles. The summed E-state index contributed by atoms with van der Waals surface area (Å²) in [7, 11) is 1.59. The van der Waals surface area contributed by atoms with Crippen molar-refractivity contribution in [2.75, 3.05) is 43.6 Å².